The fourth-order valence-corrected chi connectivity index (χ4v) is 3.80. The maximum atomic E-state index is 11.6. The van der Waals surface area contributed by atoms with Gasteiger partial charge in [0.05, 0.1) is 11.5 Å². The van der Waals surface area contributed by atoms with Gasteiger partial charge < -0.3 is 0 Å². The van der Waals surface area contributed by atoms with Gasteiger partial charge in [0, 0.05) is 35.6 Å². The van der Waals surface area contributed by atoms with Gasteiger partial charge in [-0.25, -0.2) is 5.48 Å². The van der Waals surface area contributed by atoms with E-state index < -0.39 is 4.92 Å². The van der Waals surface area contributed by atoms with Crippen LogP contribution in [0.5, 0.6) is 0 Å². The number of rotatable bonds is 11. The minimum absolute atomic E-state index is 0.0255. The molecule has 0 radical (unpaired) electrons. The first-order valence-electron chi connectivity index (χ1n) is 9.89. The van der Waals surface area contributed by atoms with E-state index in [1.807, 2.05) is 41.8 Å². The van der Waals surface area contributed by atoms with E-state index in [0.29, 0.717) is 18.9 Å². The van der Waals surface area contributed by atoms with Gasteiger partial charge in [0.15, 0.2) is 11.0 Å². The molecule has 2 aromatic carbocycles. The molecule has 0 saturated heterocycles. The predicted molar refractivity (Wildman–Crippen MR) is 118 cm³/mol. The van der Waals surface area contributed by atoms with E-state index in [2.05, 4.69) is 15.7 Å². The summed E-state index contributed by atoms with van der Waals surface area (Å²) in [5.41, 5.74) is 4.05. The molecule has 1 aromatic heterocycles. The summed E-state index contributed by atoms with van der Waals surface area (Å²) in [7, 11) is 0. The largest absolute Gasteiger partial charge is 0.274 e. The minimum atomic E-state index is -0.429. The Bertz CT molecular complexity index is 1010. The fraction of sp³-hybridized carbons (Fsp3) is 0.286. The molecule has 0 saturated carbocycles. The number of nitrogens with one attached hydrogen (secondary N) is 1. The molecule has 1 N–H and O–H groups in total. The second-order valence-corrected chi connectivity index (χ2v) is 7.61. The third-order valence-corrected chi connectivity index (χ3v) is 5.36. The maximum Gasteiger partial charge on any atom is 0.269 e. The maximum absolute atomic E-state index is 11.6. The Kier molecular flexibility index (Phi) is 8.13. The molecule has 1 heterocycles. The summed E-state index contributed by atoms with van der Waals surface area (Å²) in [6.07, 6.45) is 1.97. The molecule has 0 aliphatic heterocycles. The van der Waals surface area contributed by atoms with Crippen LogP contribution in [-0.4, -0.2) is 38.0 Å². The first kappa shape index (κ1) is 22.4. The number of unbranched alkanes of at least 4 members (excludes halogenated alkanes) is 1. The number of hydrogen-bond acceptors (Lipinski definition) is 7. The van der Waals surface area contributed by atoms with Crippen molar-refractivity contribution in [2.45, 2.75) is 31.3 Å². The highest BCUT2D eigenvalue weighted by Gasteiger charge is 2.17. The van der Waals surface area contributed by atoms with Crippen LogP contribution in [-0.2, 0) is 9.63 Å². The third-order valence-electron chi connectivity index (χ3n) is 4.34. The number of aromatic nitrogens is 3. The molecule has 0 bridgehead atoms. The lowest BCUT2D eigenvalue weighted by molar-refractivity contribution is -0.384. The summed E-state index contributed by atoms with van der Waals surface area (Å²) in [4.78, 5) is 27.0. The van der Waals surface area contributed by atoms with Crippen LogP contribution in [0.25, 0.3) is 17.1 Å². The third kappa shape index (κ3) is 6.12. The molecule has 1 amide bonds. The van der Waals surface area contributed by atoms with Crippen molar-refractivity contribution < 1.29 is 14.6 Å². The summed E-state index contributed by atoms with van der Waals surface area (Å²) in [5.74, 6) is 1.26. The van der Waals surface area contributed by atoms with Crippen LogP contribution in [0.4, 0.5) is 5.69 Å². The molecule has 31 heavy (non-hydrogen) atoms. The standard InChI is InChI=1S/C21H23N5O4S/c1-2-30-24-19(27)10-6-7-15-31-21-23-22-20(25(21)17-8-4-3-5-9-17)16-11-13-18(14-12-16)26(28)29/h3-5,8-9,11-14H,2,6-7,10,15H2,1H3,(H,24,27). The van der Waals surface area contributed by atoms with Crippen molar-refractivity contribution in [1.29, 1.82) is 0 Å². The fourth-order valence-electron chi connectivity index (χ4n) is 2.85. The van der Waals surface area contributed by atoms with Gasteiger partial charge in [-0.1, -0.05) is 30.0 Å². The van der Waals surface area contributed by atoms with E-state index in [4.69, 9.17) is 4.84 Å². The van der Waals surface area contributed by atoms with Crippen molar-refractivity contribution in [2.75, 3.05) is 12.4 Å². The summed E-state index contributed by atoms with van der Waals surface area (Å²) in [5, 5.41) is 20.3. The lowest BCUT2D eigenvalue weighted by Crippen LogP contribution is -2.23. The van der Waals surface area contributed by atoms with Crippen molar-refractivity contribution in [3.05, 3.63) is 64.7 Å². The molecule has 162 valence electrons. The van der Waals surface area contributed by atoms with Crippen LogP contribution < -0.4 is 5.48 Å². The molecule has 3 rings (SSSR count). The molecule has 0 spiro atoms. The number of nitro benzene ring substituents is 1. The average molecular weight is 442 g/mol. The Balaban J connectivity index is 1.72. The van der Waals surface area contributed by atoms with E-state index in [1.54, 1.807) is 23.9 Å². The van der Waals surface area contributed by atoms with Gasteiger partial charge >= 0.3 is 0 Å². The molecule has 3 aromatic rings. The topological polar surface area (TPSA) is 112 Å². The van der Waals surface area contributed by atoms with Gasteiger partial charge in [-0.2, -0.15) is 0 Å². The lowest BCUT2D eigenvalue weighted by atomic mass is 10.2. The normalized spacial score (nSPS) is 10.7. The van der Waals surface area contributed by atoms with Gasteiger partial charge in [0.1, 0.15) is 0 Å². The molecular weight excluding hydrogens is 418 g/mol. The first-order valence-corrected chi connectivity index (χ1v) is 10.9. The Morgan fingerprint density at radius 2 is 1.87 bits per heavy atom. The number of hydroxylamine groups is 1. The van der Waals surface area contributed by atoms with Crippen LogP contribution in [0.3, 0.4) is 0 Å². The van der Waals surface area contributed by atoms with E-state index in [1.165, 1.54) is 12.1 Å². The highest BCUT2D eigenvalue weighted by molar-refractivity contribution is 7.99. The van der Waals surface area contributed by atoms with Gasteiger partial charge in [-0.3, -0.25) is 24.3 Å². The summed E-state index contributed by atoms with van der Waals surface area (Å²) >= 11 is 1.55. The van der Waals surface area contributed by atoms with Crippen LogP contribution in [0.15, 0.2) is 59.8 Å². The monoisotopic (exact) mass is 441 g/mol. The summed E-state index contributed by atoms with van der Waals surface area (Å²) in [6, 6.07) is 16.0. The molecular formula is C21H23N5O4S. The summed E-state index contributed by atoms with van der Waals surface area (Å²) < 4.78 is 1.94. The SMILES string of the molecule is CCONC(=O)CCCCSc1nnc(-c2ccc([N+](=O)[O-])cc2)n1-c1ccccc1. The zero-order chi connectivity index (χ0) is 22.1. The number of para-hydroxylation sites is 1. The van der Waals surface area contributed by atoms with E-state index in [-0.39, 0.29) is 11.6 Å². The molecule has 0 aliphatic carbocycles. The van der Waals surface area contributed by atoms with Crippen molar-refractivity contribution in [1.82, 2.24) is 20.2 Å². The minimum Gasteiger partial charge on any atom is -0.274 e. The number of benzene rings is 2. The number of thioether (sulfide) groups is 1. The highest BCUT2D eigenvalue weighted by atomic mass is 32.2. The molecule has 9 nitrogen and oxygen atoms in total. The van der Waals surface area contributed by atoms with Gasteiger partial charge in [0.25, 0.3) is 5.69 Å². The Labute approximate surface area is 183 Å². The van der Waals surface area contributed by atoms with Crippen LogP contribution in [0.2, 0.25) is 0 Å². The lowest BCUT2D eigenvalue weighted by Gasteiger charge is -2.10. The number of nitro groups is 1. The number of nitrogens with zero attached hydrogens (tertiary/aromatic N) is 4. The van der Waals surface area contributed by atoms with Crippen LogP contribution >= 0.6 is 11.8 Å². The van der Waals surface area contributed by atoms with E-state index in [0.717, 1.165) is 35.0 Å². The van der Waals surface area contributed by atoms with Crippen molar-refractivity contribution in [3.8, 4) is 17.1 Å². The molecule has 0 atom stereocenters. The number of carbonyl (C=O) groups is 1. The first-order chi connectivity index (χ1) is 15.1. The second-order valence-electron chi connectivity index (χ2n) is 6.54. The van der Waals surface area contributed by atoms with Gasteiger partial charge in [0.2, 0.25) is 5.91 Å². The van der Waals surface area contributed by atoms with E-state index >= 15 is 0 Å². The van der Waals surface area contributed by atoms with Gasteiger partial charge in [-0.15, -0.1) is 10.2 Å². The van der Waals surface area contributed by atoms with Crippen molar-refractivity contribution in [3.63, 3.8) is 0 Å². The smallest absolute Gasteiger partial charge is 0.269 e. The number of hydrogen-bond donors (Lipinski definition) is 1. The highest BCUT2D eigenvalue weighted by Crippen LogP contribution is 2.29. The number of amides is 1. The molecule has 0 unspecified atom stereocenters. The Hall–Kier alpha value is -3.24. The second kappa shape index (κ2) is 11.2. The zero-order valence-electron chi connectivity index (χ0n) is 17.1. The van der Waals surface area contributed by atoms with Crippen LogP contribution in [0, 0.1) is 10.1 Å². The molecule has 0 aliphatic rings. The molecule has 0 fully saturated rings. The number of non-ortho nitro benzene ring substituents is 1. The van der Waals surface area contributed by atoms with E-state index in [9.17, 15) is 14.9 Å². The number of carbonyl (C=O) groups excluding carboxylic acids is 1. The average Bonchev–Trinajstić information content (AvgIpc) is 3.22. The van der Waals surface area contributed by atoms with Crippen molar-refractivity contribution >= 4 is 23.4 Å². The molecule has 10 heteroatoms. The Morgan fingerprint density at radius 3 is 2.55 bits per heavy atom. The van der Waals surface area contributed by atoms with Crippen molar-refractivity contribution in [2.24, 2.45) is 0 Å². The predicted octanol–water partition coefficient (Wildman–Crippen LogP) is 4.17. The summed E-state index contributed by atoms with van der Waals surface area (Å²) in [6.45, 7) is 2.25. The van der Waals surface area contributed by atoms with Crippen LogP contribution in [0.1, 0.15) is 26.2 Å². The Morgan fingerprint density at radius 1 is 1.13 bits per heavy atom. The van der Waals surface area contributed by atoms with Gasteiger partial charge in [-0.05, 0) is 44.0 Å². The quantitative estimate of drug-likeness (QED) is 0.206. The zero-order valence-corrected chi connectivity index (χ0v) is 17.9.